The molecule has 2 fully saturated rings. The third-order valence-corrected chi connectivity index (χ3v) is 5.04. The topological polar surface area (TPSA) is 45.7 Å². The number of halogens is 4. The zero-order valence-electron chi connectivity index (χ0n) is 13.6. The van der Waals surface area contributed by atoms with Crippen molar-refractivity contribution < 1.29 is 22.7 Å². The number of carbonyl (C=O) groups is 1. The molecule has 0 radical (unpaired) electrons. The maximum Gasteiger partial charge on any atom is 0.417 e. The van der Waals surface area contributed by atoms with Crippen LogP contribution in [-0.4, -0.2) is 54.7 Å². The molecule has 1 amide bonds. The Labute approximate surface area is 152 Å². The van der Waals surface area contributed by atoms with Crippen LogP contribution in [0.4, 0.5) is 19.0 Å². The van der Waals surface area contributed by atoms with Gasteiger partial charge in [0.05, 0.1) is 23.2 Å². The number of piperidine rings is 1. The van der Waals surface area contributed by atoms with Crippen LogP contribution in [0, 0.1) is 0 Å². The summed E-state index contributed by atoms with van der Waals surface area (Å²) in [5.41, 5.74) is -0.808. The van der Waals surface area contributed by atoms with Crippen LogP contribution in [0.5, 0.6) is 0 Å². The normalized spacial score (nSPS) is 22.2. The number of hydrogen-bond donors (Lipinski definition) is 0. The van der Waals surface area contributed by atoms with Crippen LogP contribution >= 0.6 is 15.9 Å². The van der Waals surface area contributed by atoms with E-state index in [0.717, 1.165) is 44.6 Å². The van der Waals surface area contributed by atoms with E-state index in [-0.39, 0.29) is 16.9 Å². The van der Waals surface area contributed by atoms with Gasteiger partial charge >= 0.3 is 6.18 Å². The SMILES string of the molecule is O=C(C1CN(c2ncc(C(F)(F)F)cc2Br)CCO1)N1CCCCC1. The van der Waals surface area contributed by atoms with Crippen molar-refractivity contribution in [2.45, 2.75) is 31.5 Å². The minimum Gasteiger partial charge on any atom is -0.365 e. The van der Waals surface area contributed by atoms with Gasteiger partial charge in [-0.25, -0.2) is 4.98 Å². The van der Waals surface area contributed by atoms with E-state index in [2.05, 4.69) is 20.9 Å². The van der Waals surface area contributed by atoms with Crippen molar-refractivity contribution in [3.8, 4) is 0 Å². The molecule has 5 nitrogen and oxygen atoms in total. The van der Waals surface area contributed by atoms with Crippen molar-refractivity contribution in [1.82, 2.24) is 9.88 Å². The Kier molecular flexibility index (Phi) is 5.52. The summed E-state index contributed by atoms with van der Waals surface area (Å²) >= 11 is 3.17. The smallest absolute Gasteiger partial charge is 0.365 e. The number of alkyl halides is 3. The number of amides is 1. The van der Waals surface area contributed by atoms with Crippen LogP contribution in [0.25, 0.3) is 0 Å². The number of morpholine rings is 1. The van der Waals surface area contributed by atoms with Crippen LogP contribution < -0.4 is 4.90 Å². The van der Waals surface area contributed by atoms with E-state index in [1.165, 1.54) is 0 Å². The first kappa shape index (κ1) is 18.4. The number of likely N-dealkylation sites (tertiary alicyclic amines) is 1. The predicted molar refractivity (Wildman–Crippen MR) is 89.3 cm³/mol. The Balaban J connectivity index is 1.72. The summed E-state index contributed by atoms with van der Waals surface area (Å²) in [6, 6.07) is 1.01. The van der Waals surface area contributed by atoms with Gasteiger partial charge in [0.2, 0.25) is 0 Å². The molecule has 0 aromatic carbocycles. The average molecular weight is 422 g/mol. The third kappa shape index (κ3) is 4.25. The Hall–Kier alpha value is -1.35. The number of anilines is 1. The van der Waals surface area contributed by atoms with Crippen LogP contribution in [0.3, 0.4) is 0 Å². The molecule has 9 heteroatoms. The van der Waals surface area contributed by atoms with E-state index in [1.807, 2.05) is 4.90 Å². The first-order chi connectivity index (χ1) is 11.9. The second kappa shape index (κ2) is 7.49. The van der Waals surface area contributed by atoms with Gasteiger partial charge in [-0.05, 0) is 41.3 Å². The van der Waals surface area contributed by atoms with E-state index in [9.17, 15) is 18.0 Å². The van der Waals surface area contributed by atoms with E-state index in [0.29, 0.717) is 19.0 Å². The number of rotatable bonds is 2. The van der Waals surface area contributed by atoms with Crippen molar-refractivity contribution in [3.63, 3.8) is 0 Å². The monoisotopic (exact) mass is 421 g/mol. The molecule has 1 aromatic rings. The highest BCUT2D eigenvalue weighted by Gasteiger charge is 2.34. The minimum atomic E-state index is -4.44. The standard InChI is InChI=1S/C16H19BrF3N3O2/c17-12-8-11(16(18,19)20)9-21-14(12)23-6-7-25-13(10-23)15(24)22-4-2-1-3-5-22/h8-9,13H,1-7,10H2. The first-order valence-corrected chi connectivity index (χ1v) is 9.03. The first-order valence-electron chi connectivity index (χ1n) is 8.24. The number of aromatic nitrogens is 1. The number of nitrogens with zero attached hydrogens (tertiary/aromatic N) is 3. The molecule has 0 aliphatic carbocycles. The lowest BCUT2D eigenvalue weighted by molar-refractivity contribution is -0.145. The minimum absolute atomic E-state index is 0.0487. The van der Waals surface area contributed by atoms with Gasteiger partial charge in [0.1, 0.15) is 5.82 Å². The fourth-order valence-electron chi connectivity index (χ4n) is 3.13. The van der Waals surface area contributed by atoms with Crippen molar-refractivity contribution >= 4 is 27.7 Å². The Morgan fingerprint density at radius 2 is 1.96 bits per heavy atom. The molecular formula is C16H19BrF3N3O2. The summed E-state index contributed by atoms with van der Waals surface area (Å²) in [6.07, 6.45) is -1.11. The summed E-state index contributed by atoms with van der Waals surface area (Å²) in [6.45, 7) is 2.56. The highest BCUT2D eigenvalue weighted by Crippen LogP contribution is 2.34. The lowest BCUT2D eigenvalue weighted by atomic mass is 10.1. The number of carbonyl (C=O) groups excluding carboxylic acids is 1. The Morgan fingerprint density at radius 1 is 1.24 bits per heavy atom. The lowest BCUT2D eigenvalue weighted by Crippen LogP contribution is -2.52. The van der Waals surface area contributed by atoms with Gasteiger partial charge in [-0.15, -0.1) is 0 Å². The largest absolute Gasteiger partial charge is 0.417 e. The molecule has 2 saturated heterocycles. The Morgan fingerprint density at radius 3 is 2.60 bits per heavy atom. The second-order valence-electron chi connectivity index (χ2n) is 6.22. The highest BCUT2D eigenvalue weighted by molar-refractivity contribution is 9.10. The van der Waals surface area contributed by atoms with Gasteiger partial charge in [-0.3, -0.25) is 4.79 Å². The van der Waals surface area contributed by atoms with E-state index in [1.54, 1.807) is 4.90 Å². The molecule has 2 aliphatic heterocycles. The zero-order chi connectivity index (χ0) is 18.0. The van der Waals surface area contributed by atoms with Gasteiger partial charge in [-0.1, -0.05) is 0 Å². The fourth-order valence-corrected chi connectivity index (χ4v) is 3.73. The third-order valence-electron chi connectivity index (χ3n) is 4.46. The van der Waals surface area contributed by atoms with Crippen LogP contribution in [-0.2, 0) is 15.7 Å². The summed E-state index contributed by atoms with van der Waals surface area (Å²) < 4.78 is 44.2. The molecule has 0 bridgehead atoms. The van der Waals surface area contributed by atoms with Gasteiger partial charge in [-0.2, -0.15) is 13.2 Å². The molecule has 0 spiro atoms. The van der Waals surface area contributed by atoms with E-state index < -0.39 is 17.8 Å². The van der Waals surface area contributed by atoms with E-state index in [4.69, 9.17) is 4.74 Å². The summed E-state index contributed by atoms with van der Waals surface area (Å²) in [5.74, 6) is 0.347. The van der Waals surface area contributed by atoms with Gasteiger partial charge < -0.3 is 14.5 Å². The molecule has 25 heavy (non-hydrogen) atoms. The number of hydrogen-bond acceptors (Lipinski definition) is 4. The van der Waals surface area contributed by atoms with Crippen LogP contribution in [0.2, 0.25) is 0 Å². The van der Waals surface area contributed by atoms with E-state index >= 15 is 0 Å². The maximum absolute atomic E-state index is 12.8. The molecule has 138 valence electrons. The number of pyridine rings is 1. The van der Waals surface area contributed by atoms with Crippen LogP contribution in [0.15, 0.2) is 16.7 Å². The molecule has 0 N–H and O–H groups in total. The number of ether oxygens (including phenoxy) is 1. The molecule has 1 aromatic heterocycles. The fraction of sp³-hybridized carbons (Fsp3) is 0.625. The zero-order valence-corrected chi connectivity index (χ0v) is 15.1. The maximum atomic E-state index is 12.8. The molecule has 3 heterocycles. The highest BCUT2D eigenvalue weighted by atomic mass is 79.9. The van der Waals surface area contributed by atoms with Gasteiger partial charge in [0.25, 0.3) is 5.91 Å². The summed E-state index contributed by atoms with van der Waals surface area (Å²) in [4.78, 5) is 20.2. The van der Waals surface area contributed by atoms with Crippen molar-refractivity contribution in [1.29, 1.82) is 0 Å². The predicted octanol–water partition coefficient (Wildman–Crippen LogP) is 3.08. The second-order valence-corrected chi connectivity index (χ2v) is 7.07. The van der Waals surface area contributed by atoms with Crippen molar-refractivity contribution in [3.05, 3.63) is 22.3 Å². The van der Waals surface area contributed by atoms with Crippen LogP contribution in [0.1, 0.15) is 24.8 Å². The molecule has 1 atom stereocenters. The molecule has 0 saturated carbocycles. The van der Waals surface area contributed by atoms with Crippen molar-refractivity contribution in [2.24, 2.45) is 0 Å². The molecule has 3 rings (SSSR count). The molecule has 2 aliphatic rings. The molecule has 1 unspecified atom stereocenters. The Bertz CT molecular complexity index is 636. The summed E-state index contributed by atoms with van der Waals surface area (Å²) in [5, 5.41) is 0. The average Bonchev–Trinajstić information content (AvgIpc) is 2.61. The van der Waals surface area contributed by atoms with Gasteiger partial charge in [0.15, 0.2) is 6.10 Å². The van der Waals surface area contributed by atoms with Gasteiger partial charge in [0, 0.05) is 25.8 Å². The quantitative estimate of drug-likeness (QED) is 0.735. The lowest BCUT2D eigenvalue weighted by Gasteiger charge is -2.37. The van der Waals surface area contributed by atoms with Crippen molar-refractivity contribution in [2.75, 3.05) is 37.7 Å². The molecular weight excluding hydrogens is 403 g/mol. The summed E-state index contributed by atoms with van der Waals surface area (Å²) in [7, 11) is 0.